The Kier molecular flexibility index (Phi) is 8.06. The number of carbonyl (C=O) groups is 2. The summed E-state index contributed by atoms with van der Waals surface area (Å²) >= 11 is 0. The lowest BCUT2D eigenvalue weighted by atomic mass is 9.85. The van der Waals surface area contributed by atoms with Gasteiger partial charge in [-0.25, -0.2) is 14.6 Å². The number of benzene rings is 2. The molecule has 4 heterocycles. The van der Waals surface area contributed by atoms with Crippen LogP contribution >= 0.6 is 0 Å². The Morgan fingerprint density at radius 3 is 2.43 bits per heavy atom. The molecule has 0 radical (unpaired) electrons. The Labute approximate surface area is 276 Å². The van der Waals surface area contributed by atoms with Crippen LogP contribution in [0.3, 0.4) is 0 Å². The third-order valence-electron chi connectivity index (χ3n) is 10.0. The van der Waals surface area contributed by atoms with Gasteiger partial charge in [-0.1, -0.05) is 64.4 Å². The first-order valence-electron chi connectivity index (χ1n) is 16.2. The van der Waals surface area contributed by atoms with Gasteiger partial charge < -0.3 is 23.2 Å². The Morgan fingerprint density at radius 1 is 1.04 bits per heavy atom. The average molecular weight is 655 g/mol. The molecule has 10 heteroatoms. The first-order valence-corrected chi connectivity index (χ1v) is 19.1. The molecule has 9 nitrogen and oxygen atoms in total. The SMILES string of the molecule is CCc1c2c(nc3ccc(O[Si](C)(C)C(C)(C)C)cc13)-c1cc3c(c(=O)n1C2)COC(=O)C3(CC)OC(=O)OCc1ccc(C)cc1. The van der Waals surface area contributed by atoms with E-state index in [0.29, 0.717) is 23.5 Å². The highest BCUT2D eigenvalue weighted by Crippen LogP contribution is 2.43. The van der Waals surface area contributed by atoms with Crippen molar-refractivity contribution in [2.45, 2.75) is 97.9 Å². The van der Waals surface area contributed by atoms with Gasteiger partial charge in [0.25, 0.3) is 5.56 Å². The van der Waals surface area contributed by atoms with E-state index in [1.54, 1.807) is 17.6 Å². The molecule has 1 atom stereocenters. The Morgan fingerprint density at radius 2 is 1.77 bits per heavy atom. The van der Waals surface area contributed by atoms with Crippen molar-refractivity contribution in [3.05, 3.63) is 92.3 Å². The number of hydrogen-bond acceptors (Lipinski definition) is 8. The minimum absolute atomic E-state index is 0.0273. The minimum Gasteiger partial charge on any atom is -0.543 e. The number of aromatic nitrogens is 2. The van der Waals surface area contributed by atoms with Crippen LogP contribution in [0.5, 0.6) is 5.75 Å². The number of fused-ring (bicyclic) bond motifs is 5. The molecule has 0 N–H and O–H groups in total. The number of esters is 1. The van der Waals surface area contributed by atoms with Crippen molar-refractivity contribution in [3.63, 3.8) is 0 Å². The van der Waals surface area contributed by atoms with Gasteiger partial charge in [-0.3, -0.25) is 4.79 Å². The van der Waals surface area contributed by atoms with E-state index in [1.165, 1.54) is 0 Å². The third kappa shape index (κ3) is 5.52. The van der Waals surface area contributed by atoms with Gasteiger partial charge in [0.2, 0.25) is 13.9 Å². The van der Waals surface area contributed by atoms with Crippen LogP contribution in [0.25, 0.3) is 22.3 Å². The van der Waals surface area contributed by atoms with E-state index in [2.05, 4.69) is 46.9 Å². The quantitative estimate of drug-likeness (QED) is 0.130. The zero-order valence-electron chi connectivity index (χ0n) is 28.4. The largest absolute Gasteiger partial charge is 0.543 e. The molecule has 0 amide bonds. The molecule has 0 saturated heterocycles. The fourth-order valence-corrected chi connectivity index (χ4v) is 7.23. The molecule has 2 aliphatic heterocycles. The molecular weight excluding hydrogens is 613 g/mol. The zero-order chi connectivity index (χ0) is 33.9. The van der Waals surface area contributed by atoms with Crippen molar-refractivity contribution in [1.29, 1.82) is 0 Å². The van der Waals surface area contributed by atoms with Crippen molar-refractivity contribution in [2.24, 2.45) is 0 Å². The van der Waals surface area contributed by atoms with E-state index in [4.69, 9.17) is 23.6 Å². The molecule has 0 fully saturated rings. The van der Waals surface area contributed by atoms with Crippen LogP contribution in [0.2, 0.25) is 18.1 Å². The van der Waals surface area contributed by atoms with E-state index in [1.807, 2.05) is 43.3 Å². The van der Waals surface area contributed by atoms with Crippen molar-refractivity contribution >= 4 is 31.3 Å². The number of nitrogens with zero attached hydrogens (tertiary/aromatic N) is 2. The number of ether oxygens (including phenoxy) is 3. The third-order valence-corrected chi connectivity index (χ3v) is 14.4. The van der Waals surface area contributed by atoms with Crippen molar-refractivity contribution in [1.82, 2.24) is 9.55 Å². The molecule has 2 aromatic heterocycles. The van der Waals surface area contributed by atoms with Crippen LogP contribution in [0.4, 0.5) is 4.79 Å². The minimum atomic E-state index is -2.07. The van der Waals surface area contributed by atoms with Gasteiger partial charge in [-0.2, -0.15) is 0 Å². The zero-order valence-corrected chi connectivity index (χ0v) is 29.4. The second-order valence-electron chi connectivity index (χ2n) is 14.0. The summed E-state index contributed by atoms with van der Waals surface area (Å²) in [5.74, 6) is 0.0795. The smallest absolute Gasteiger partial charge is 0.510 e. The summed E-state index contributed by atoms with van der Waals surface area (Å²) in [7, 11) is -2.07. The van der Waals surface area contributed by atoms with Crippen LogP contribution < -0.4 is 9.99 Å². The van der Waals surface area contributed by atoms with Gasteiger partial charge in [0, 0.05) is 16.5 Å². The summed E-state index contributed by atoms with van der Waals surface area (Å²) in [4.78, 5) is 45.5. The number of hydrogen-bond donors (Lipinski definition) is 0. The Hall–Kier alpha value is -4.44. The molecule has 0 bridgehead atoms. The summed E-state index contributed by atoms with van der Waals surface area (Å²) < 4.78 is 25.0. The molecule has 1 unspecified atom stereocenters. The van der Waals surface area contributed by atoms with Crippen molar-refractivity contribution < 1.29 is 28.2 Å². The number of cyclic esters (lactones) is 1. The van der Waals surface area contributed by atoms with Crippen LogP contribution in [0, 0.1) is 6.92 Å². The Balaban J connectivity index is 1.40. The molecule has 0 saturated carbocycles. The first-order chi connectivity index (χ1) is 22.2. The summed E-state index contributed by atoms with van der Waals surface area (Å²) in [5.41, 5.74) is 4.41. The van der Waals surface area contributed by atoms with Gasteiger partial charge >= 0.3 is 12.1 Å². The van der Waals surface area contributed by atoms with Gasteiger partial charge in [-0.15, -0.1) is 0 Å². The van der Waals surface area contributed by atoms with Crippen LogP contribution in [-0.2, 0) is 50.8 Å². The highest BCUT2D eigenvalue weighted by molar-refractivity contribution is 6.74. The predicted octanol–water partition coefficient (Wildman–Crippen LogP) is 7.70. The second-order valence-corrected chi connectivity index (χ2v) is 18.7. The molecule has 6 rings (SSSR count). The van der Waals surface area contributed by atoms with Gasteiger partial charge in [0.05, 0.1) is 29.0 Å². The van der Waals surface area contributed by atoms with E-state index >= 15 is 0 Å². The summed E-state index contributed by atoms with van der Waals surface area (Å²) in [6.45, 7) is 17.0. The molecule has 2 aliphatic rings. The maximum absolute atomic E-state index is 14.1. The maximum Gasteiger partial charge on any atom is 0.510 e. The monoisotopic (exact) mass is 654 g/mol. The summed E-state index contributed by atoms with van der Waals surface area (Å²) in [5, 5.41) is 1.04. The highest BCUT2D eigenvalue weighted by Gasteiger charge is 2.51. The summed E-state index contributed by atoms with van der Waals surface area (Å²) in [6.07, 6.45) is -0.244. The topological polar surface area (TPSA) is 106 Å². The average Bonchev–Trinajstić information content (AvgIpc) is 3.39. The lowest BCUT2D eigenvalue weighted by Gasteiger charge is -2.36. The number of carbonyl (C=O) groups excluding carboxylic acids is 2. The lowest BCUT2D eigenvalue weighted by molar-refractivity contribution is -0.175. The molecule has 47 heavy (non-hydrogen) atoms. The van der Waals surface area contributed by atoms with Crippen molar-refractivity contribution in [2.75, 3.05) is 0 Å². The summed E-state index contributed by atoms with van der Waals surface area (Å²) in [6, 6.07) is 15.3. The van der Waals surface area contributed by atoms with E-state index in [0.717, 1.165) is 45.3 Å². The second kappa shape index (κ2) is 11.7. The van der Waals surface area contributed by atoms with E-state index < -0.39 is 26.0 Å². The predicted molar refractivity (Wildman–Crippen MR) is 182 cm³/mol. The number of rotatable bonds is 7. The standard InChI is InChI=1S/C37H42N2O7Si/c1-9-25-26-17-24(46-47(7,8)36(4,5)6)15-16-30(26)38-32-27(25)19-39-31(32)18-29-28(33(39)40)21-43-34(41)37(29,10-2)45-35(42)44-20-23-13-11-22(3)12-14-23/h11-18H,9-10,19-21H2,1-8H3. The first kappa shape index (κ1) is 32.5. The molecule has 246 valence electrons. The molecule has 2 aromatic carbocycles. The van der Waals surface area contributed by atoms with Gasteiger partial charge in [-0.05, 0) is 73.3 Å². The van der Waals surface area contributed by atoms with Crippen LogP contribution in [0.15, 0.2) is 53.3 Å². The fourth-order valence-electron chi connectivity index (χ4n) is 6.21. The van der Waals surface area contributed by atoms with Crippen molar-refractivity contribution in [3.8, 4) is 17.1 Å². The molecule has 4 aromatic rings. The molecular formula is C37H42N2O7Si. The van der Waals surface area contributed by atoms with Crippen LogP contribution in [-0.4, -0.2) is 30.0 Å². The van der Waals surface area contributed by atoms with Crippen LogP contribution in [0.1, 0.15) is 74.4 Å². The van der Waals surface area contributed by atoms with E-state index in [9.17, 15) is 14.4 Å². The molecule has 0 spiro atoms. The van der Waals surface area contributed by atoms with Gasteiger partial charge in [0.1, 0.15) is 19.0 Å². The highest BCUT2D eigenvalue weighted by atomic mass is 28.4. The lowest BCUT2D eigenvalue weighted by Crippen LogP contribution is -2.47. The van der Waals surface area contributed by atoms with Gasteiger partial charge in [0.15, 0.2) is 0 Å². The fraction of sp³-hybridized carbons (Fsp3) is 0.405. The normalized spacial score (nSPS) is 17.1. The maximum atomic E-state index is 14.1. The molecule has 0 aliphatic carbocycles. The Bertz CT molecular complexity index is 1970. The van der Waals surface area contributed by atoms with E-state index in [-0.39, 0.29) is 35.8 Å². The number of pyridine rings is 2. The number of aryl methyl sites for hydroxylation is 2.